The van der Waals surface area contributed by atoms with Gasteiger partial charge < -0.3 is 14.7 Å². The van der Waals surface area contributed by atoms with Crippen LogP contribution in [0.25, 0.3) is 0 Å². The Morgan fingerprint density at radius 1 is 1.21 bits per heavy atom. The Hall–Kier alpha value is -1.43. The maximum absolute atomic E-state index is 11.3. The summed E-state index contributed by atoms with van der Waals surface area (Å²) in [6.07, 6.45) is 1.75. The summed E-state index contributed by atoms with van der Waals surface area (Å²) in [5.74, 6) is 0.0986. The number of unbranched alkanes of at least 4 members (excludes halogenated alkanes) is 1. The van der Waals surface area contributed by atoms with Crippen molar-refractivity contribution in [1.82, 2.24) is 4.90 Å². The molecule has 5 heteroatoms. The minimum atomic E-state index is -0.414. The second-order valence-electron chi connectivity index (χ2n) is 6.47. The number of carbonyl (C=O) groups is 1. The van der Waals surface area contributed by atoms with Crippen LogP contribution in [0.4, 0.5) is 5.69 Å². The van der Waals surface area contributed by atoms with E-state index < -0.39 is 6.10 Å². The fraction of sp³-hybridized carbons (Fsp3) is 0.632. The van der Waals surface area contributed by atoms with Crippen molar-refractivity contribution in [3.63, 3.8) is 0 Å². The second kappa shape index (κ2) is 9.77. The zero-order valence-corrected chi connectivity index (χ0v) is 14.9. The summed E-state index contributed by atoms with van der Waals surface area (Å²) < 4.78 is 5.48. The molecule has 0 radical (unpaired) electrons. The van der Waals surface area contributed by atoms with Gasteiger partial charge in [0.25, 0.3) is 0 Å². The zero-order valence-electron chi connectivity index (χ0n) is 14.9. The number of β-amino-alcohol motifs (C(OH)–C–C–N with tert-alkyl or cyclic N) is 1. The SMILES string of the molecule is CCCCOCC(O)CN1CCN(c2ccc(C(C)=O)cc2)CC1. The summed E-state index contributed by atoms with van der Waals surface area (Å²) in [7, 11) is 0. The van der Waals surface area contributed by atoms with Crippen molar-refractivity contribution in [3.8, 4) is 0 Å². The third kappa shape index (κ3) is 5.89. The summed E-state index contributed by atoms with van der Waals surface area (Å²) in [4.78, 5) is 15.9. The van der Waals surface area contributed by atoms with Crippen LogP contribution < -0.4 is 4.90 Å². The maximum Gasteiger partial charge on any atom is 0.159 e. The lowest BCUT2D eigenvalue weighted by Crippen LogP contribution is -2.49. The number of ether oxygens (including phenoxy) is 1. The molecule has 5 nitrogen and oxygen atoms in total. The van der Waals surface area contributed by atoms with E-state index in [0.29, 0.717) is 13.2 Å². The van der Waals surface area contributed by atoms with Gasteiger partial charge in [-0.15, -0.1) is 0 Å². The second-order valence-corrected chi connectivity index (χ2v) is 6.47. The molecule has 0 bridgehead atoms. The topological polar surface area (TPSA) is 53.0 Å². The predicted octanol–water partition coefficient (Wildman–Crippen LogP) is 2.19. The molecule has 2 rings (SSSR count). The van der Waals surface area contributed by atoms with E-state index in [1.807, 2.05) is 24.3 Å². The van der Waals surface area contributed by atoms with Crippen LogP contribution in [0.15, 0.2) is 24.3 Å². The van der Waals surface area contributed by atoms with Crippen molar-refractivity contribution in [2.24, 2.45) is 0 Å². The van der Waals surface area contributed by atoms with Crippen molar-refractivity contribution < 1.29 is 14.6 Å². The van der Waals surface area contributed by atoms with E-state index in [2.05, 4.69) is 16.7 Å². The molecule has 1 fully saturated rings. The first-order chi connectivity index (χ1) is 11.6. The van der Waals surface area contributed by atoms with Crippen molar-refractivity contribution in [2.75, 3.05) is 50.8 Å². The molecule has 0 saturated carbocycles. The first-order valence-corrected chi connectivity index (χ1v) is 8.94. The van der Waals surface area contributed by atoms with Crippen LogP contribution in [-0.4, -0.2) is 67.8 Å². The van der Waals surface area contributed by atoms with Gasteiger partial charge in [0.15, 0.2) is 5.78 Å². The number of rotatable bonds is 9. The third-order valence-electron chi connectivity index (χ3n) is 4.43. The number of nitrogens with zero attached hydrogens (tertiary/aromatic N) is 2. The molecule has 0 amide bonds. The number of aliphatic hydroxyl groups is 1. The highest BCUT2D eigenvalue weighted by atomic mass is 16.5. The number of carbonyl (C=O) groups excluding carboxylic acids is 1. The van der Waals surface area contributed by atoms with Gasteiger partial charge in [0, 0.05) is 50.6 Å². The fourth-order valence-electron chi connectivity index (χ4n) is 2.91. The van der Waals surface area contributed by atoms with Gasteiger partial charge in [0.1, 0.15) is 0 Å². The van der Waals surface area contributed by atoms with Crippen molar-refractivity contribution in [2.45, 2.75) is 32.8 Å². The quantitative estimate of drug-likeness (QED) is 0.554. The Morgan fingerprint density at radius 3 is 2.46 bits per heavy atom. The Morgan fingerprint density at radius 2 is 1.88 bits per heavy atom. The average Bonchev–Trinajstić information content (AvgIpc) is 2.59. The van der Waals surface area contributed by atoms with E-state index >= 15 is 0 Å². The van der Waals surface area contributed by atoms with Gasteiger partial charge in [-0.05, 0) is 37.6 Å². The van der Waals surface area contributed by atoms with Crippen LogP contribution >= 0.6 is 0 Å². The number of hydrogen-bond acceptors (Lipinski definition) is 5. The Balaban J connectivity index is 1.71. The third-order valence-corrected chi connectivity index (χ3v) is 4.43. The summed E-state index contributed by atoms with van der Waals surface area (Å²) in [6, 6.07) is 7.81. The zero-order chi connectivity index (χ0) is 17.4. The lowest BCUT2D eigenvalue weighted by Gasteiger charge is -2.36. The molecular formula is C19H30N2O3. The number of piperazine rings is 1. The van der Waals surface area contributed by atoms with E-state index in [4.69, 9.17) is 4.74 Å². The number of aliphatic hydroxyl groups excluding tert-OH is 1. The molecule has 0 aliphatic carbocycles. The van der Waals surface area contributed by atoms with Crippen LogP contribution in [0.3, 0.4) is 0 Å². The molecule has 1 aliphatic heterocycles. The minimum Gasteiger partial charge on any atom is -0.389 e. The number of anilines is 1. The fourth-order valence-corrected chi connectivity index (χ4v) is 2.91. The molecular weight excluding hydrogens is 304 g/mol. The Bertz CT molecular complexity index is 496. The van der Waals surface area contributed by atoms with Gasteiger partial charge in [0.05, 0.1) is 12.7 Å². The molecule has 0 spiro atoms. The molecule has 134 valence electrons. The normalized spacial score (nSPS) is 17.0. The summed E-state index contributed by atoms with van der Waals surface area (Å²) >= 11 is 0. The monoisotopic (exact) mass is 334 g/mol. The molecule has 1 heterocycles. The number of hydrogen-bond donors (Lipinski definition) is 1. The smallest absolute Gasteiger partial charge is 0.159 e. The first kappa shape index (κ1) is 18.9. The summed E-state index contributed by atoms with van der Waals surface area (Å²) in [5.41, 5.74) is 1.91. The Labute approximate surface area is 145 Å². The van der Waals surface area contributed by atoms with Gasteiger partial charge >= 0.3 is 0 Å². The summed E-state index contributed by atoms with van der Waals surface area (Å²) in [6.45, 7) is 9.28. The molecule has 1 aliphatic rings. The highest BCUT2D eigenvalue weighted by Gasteiger charge is 2.19. The number of Topliss-reactive ketones (excluding diaryl/α,β-unsaturated/α-hetero) is 1. The van der Waals surface area contributed by atoms with Crippen LogP contribution in [0, 0.1) is 0 Å². The van der Waals surface area contributed by atoms with E-state index in [0.717, 1.165) is 56.9 Å². The average molecular weight is 334 g/mol. The lowest BCUT2D eigenvalue weighted by molar-refractivity contribution is 0.0150. The van der Waals surface area contributed by atoms with Crippen LogP contribution in [0.2, 0.25) is 0 Å². The highest BCUT2D eigenvalue weighted by Crippen LogP contribution is 2.17. The molecule has 1 aromatic rings. The van der Waals surface area contributed by atoms with Gasteiger partial charge in [-0.1, -0.05) is 13.3 Å². The number of ketones is 1. The van der Waals surface area contributed by atoms with Crippen molar-refractivity contribution in [1.29, 1.82) is 0 Å². The van der Waals surface area contributed by atoms with Gasteiger partial charge in [-0.2, -0.15) is 0 Å². The van der Waals surface area contributed by atoms with E-state index in [9.17, 15) is 9.90 Å². The summed E-state index contributed by atoms with van der Waals surface area (Å²) in [5, 5.41) is 10.1. The molecule has 1 saturated heterocycles. The van der Waals surface area contributed by atoms with Gasteiger partial charge in [-0.25, -0.2) is 0 Å². The Kier molecular flexibility index (Phi) is 7.69. The molecule has 1 aromatic carbocycles. The van der Waals surface area contributed by atoms with Gasteiger partial charge in [-0.3, -0.25) is 9.69 Å². The van der Waals surface area contributed by atoms with Crippen LogP contribution in [-0.2, 0) is 4.74 Å². The van der Waals surface area contributed by atoms with E-state index in [1.165, 1.54) is 0 Å². The molecule has 0 aromatic heterocycles. The predicted molar refractivity (Wildman–Crippen MR) is 96.8 cm³/mol. The standard InChI is InChI=1S/C19H30N2O3/c1-3-4-13-24-15-19(23)14-20-9-11-21(12-10-20)18-7-5-17(6-8-18)16(2)22/h5-8,19,23H,3-4,9-15H2,1-2H3. The van der Waals surface area contributed by atoms with Crippen molar-refractivity contribution >= 4 is 11.5 Å². The molecule has 1 unspecified atom stereocenters. The van der Waals surface area contributed by atoms with Gasteiger partial charge in [0.2, 0.25) is 0 Å². The molecule has 1 N–H and O–H groups in total. The molecule has 24 heavy (non-hydrogen) atoms. The van der Waals surface area contributed by atoms with E-state index in [-0.39, 0.29) is 5.78 Å². The van der Waals surface area contributed by atoms with E-state index in [1.54, 1.807) is 6.92 Å². The lowest BCUT2D eigenvalue weighted by atomic mass is 10.1. The molecule has 1 atom stereocenters. The largest absolute Gasteiger partial charge is 0.389 e. The van der Waals surface area contributed by atoms with Crippen molar-refractivity contribution in [3.05, 3.63) is 29.8 Å². The maximum atomic E-state index is 11.3. The highest BCUT2D eigenvalue weighted by molar-refractivity contribution is 5.94. The first-order valence-electron chi connectivity index (χ1n) is 8.94. The van der Waals surface area contributed by atoms with Crippen LogP contribution in [0.1, 0.15) is 37.0 Å². The van der Waals surface area contributed by atoms with Crippen LogP contribution in [0.5, 0.6) is 0 Å². The minimum absolute atomic E-state index is 0.0986. The number of benzene rings is 1.